The van der Waals surface area contributed by atoms with Gasteiger partial charge in [0, 0.05) is 26.2 Å². The summed E-state index contributed by atoms with van der Waals surface area (Å²) in [6, 6.07) is 0.0570. The Kier molecular flexibility index (Phi) is 2.70. The number of aliphatic hydroxyl groups excluding tert-OH is 1. The molecule has 2 amide bonds. The Labute approximate surface area is 66.4 Å². The number of aliphatic hydroxyl groups is 1. The normalized spacial score (nSPS) is 18.2. The van der Waals surface area contributed by atoms with Crippen molar-refractivity contribution in [1.29, 1.82) is 0 Å². The van der Waals surface area contributed by atoms with E-state index in [9.17, 15) is 4.79 Å². The molecule has 1 rings (SSSR count). The van der Waals surface area contributed by atoms with Crippen LogP contribution in [0.5, 0.6) is 0 Å². The number of β-amino-alcohol motifs (C(OH)–C–C–N with tert-alkyl or cyclic N) is 1. The second-order valence-electron chi connectivity index (χ2n) is 2.57. The van der Waals surface area contributed by atoms with E-state index in [1.54, 1.807) is 9.80 Å². The van der Waals surface area contributed by atoms with Gasteiger partial charge in [-0.05, 0) is 6.92 Å². The Hall–Kier alpha value is -0.770. The van der Waals surface area contributed by atoms with Gasteiger partial charge in [-0.15, -0.1) is 0 Å². The lowest BCUT2D eigenvalue weighted by molar-refractivity contribution is 0.180. The van der Waals surface area contributed by atoms with Crippen LogP contribution in [0.25, 0.3) is 0 Å². The Balaban J connectivity index is 2.42. The molecule has 4 nitrogen and oxygen atoms in total. The predicted octanol–water partition coefficient (Wildman–Crippen LogP) is -0.264. The average molecular weight is 158 g/mol. The zero-order valence-electron chi connectivity index (χ0n) is 6.79. The molecule has 4 heteroatoms. The number of amides is 2. The van der Waals surface area contributed by atoms with Gasteiger partial charge in [-0.1, -0.05) is 0 Å². The van der Waals surface area contributed by atoms with Crippen LogP contribution < -0.4 is 0 Å². The molecule has 1 aliphatic heterocycles. The highest BCUT2D eigenvalue weighted by Crippen LogP contribution is 2.06. The van der Waals surface area contributed by atoms with Crippen molar-refractivity contribution in [3.63, 3.8) is 0 Å². The second kappa shape index (κ2) is 3.57. The molecule has 0 radical (unpaired) electrons. The standard InChI is InChI=1S/C7H14N2O2/c1-2-8-3-4-9(5-6-10)7(8)11/h10H,2-6H2,1H3. The zero-order valence-corrected chi connectivity index (χ0v) is 6.79. The van der Waals surface area contributed by atoms with Gasteiger partial charge >= 0.3 is 6.03 Å². The van der Waals surface area contributed by atoms with E-state index in [0.717, 1.165) is 19.6 Å². The molecule has 0 spiro atoms. The van der Waals surface area contributed by atoms with E-state index in [-0.39, 0.29) is 12.6 Å². The summed E-state index contributed by atoms with van der Waals surface area (Å²) < 4.78 is 0. The molecule has 0 aliphatic carbocycles. The fourth-order valence-corrected chi connectivity index (χ4v) is 1.25. The maximum Gasteiger partial charge on any atom is 0.320 e. The van der Waals surface area contributed by atoms with Gasteiger partial charge in [0.15, 0.2) is 0 Å². The first kappa shape index (κ1) is 8.33. The predicted molar refractivity (Wildman–Crippen MR) is 41.3 cm³/mol. The number of nitrogens with zero attached hydrogens (tertiary/aromatic N) is 2. The SMILES string of the molecule is CCN1CCN(CCO)C1=O. The summed E-state index contributed by atoms with van der Waals surface area (Å²) in [4.78, 5) is 14.7. The van der Waals surface area contributed by atoms with Crippen LogP contribution in [0.2, 0.25) is 0 Å². The smallest absolute Gasteiger partial charge is 0.320 e. The van der Waals surface area contributed by atoms with E-state index in [0.29, 0.717) is 6.54 Å². The van der Waals surface area contributed by atoms with Crippen molar-refractivity contribution >= 4 is 6.03 Å². The Morgan fingerprint density at radius 3 is 2.55 bits per heavy atom. The van der Waals surface area contributed by atoms with Crippen molar-refractivity contribution in [2.24, 2.45) is 0 Å². The van der Waals surface area contributed by atoms with Crippen molar-refractivity contribution in [2.75, 3.05) is 32.8 Å². The minimum absolute atomic E-state index is 0.0570. The first-order chi connectivity index (χ1) is 5.29. The topological polar surface area (TPSA) is 43.8 Å². The van der Waals surface area contributed by atoms with Gasteiger partial charge in [0.2, 0.25) is 0 Å². The van der Waals surface area contributed by atoms with Crippen LogP contribution in [-0.2, 0) is 0 Å². The molecule has 1 N–H and O–H groups in total. The third-order valence-electron chi connectivity index (χ3n) is 1.93. The summed E-state index contributed by atoms with van der Waals surface area (Å²) in [6.07, 6.45) is 0. The maximum absolute atomic E-state index is 11.3. The summed E-state index contributed by atoms with van der Waals surface area (Å²) in [5.41, 5.74) is 0. The van der Waals surface area contributed by atoms with Gasteiger partial charge in [0.1, 0.15) is 0 Å². The minimum Gasteiger partial charge on any atom is -0.395 e. The molecule has 1 saturated heterocycles. The van der Waals surface area contributed by atoms with E-state index in [4.69, 9.17) is 5.11 Å². The molecule has 1 heterocycles. The van der Waals surface area contributed by atoms with Crippen LogP contribution in [-0.4, -0.2) is 53.7 Å². The number of urea groups is 1. The lowest BCUT2D eigenvalue weighted by Crippen LogP contribution is -2.33. The molecular formula is C7H14N2O2. The van der Waals surface area contributed by atoms with Gasteiger partial charge in [0.25, 0.3) is 0 Å². The van der Waals surface area contributed by atoms with Gasteiger partial charge in [-0.25, -0.2) is 4.79 Å². The van der Waals surface area contributed by atoms with Crippen LogP contribution in [0.3, 0.4) is 0 Å². The molecule has 0 aromatic carbocycles. The lowest BCUT2D eigenvalue weighted by Gasteiger charge is -2.15. The van der Waals surface area contributed by atoms with Crippen LogP contribution in [0.1, 0.15) is 6.92 Å². The van der Waals surface area contributed by atoms with Crippen molar-refractivity contribution in [1.82, 2.24) is 9.80 Å². The average Bonchev–Trinajstić information content (AvgIpc) is 2.34. The van der Waals surface area contributed by atoms with E-state index in [1.807, 2.05) is 6.92 Å². The Bertz CT molecular complexity index is 149. The Morgan fingerprint density at radius 2 is 2.09 bits per heavy atom. The third kappa shape index (κ3) is 1.63. The number of hydrogen-bond donors (Lipinski definition) is 1. The monoisotopic (exact) mass is 158 g/mol. The van der Waals surface area contributed by atoms with E-state index in [1.165, 1.54) is 0 Å². The number of likely N-dealkylation sites (N-methyl/N-ethyl adjacent to an activating group) is 1. The highest BCUT2D eigenvalue weighted by Gasteiger charge is 2.25. The van der Waals surface area contributed by atoms with Gasteiger partial charge < -0.3 is 14.9 Å². The number of carbonyl (C=O) groups is 1. The molecule has 0 aromatic heterocycles. The fraction of sp³-hybridized carbons (Fsp3) is 0.857. The van der Waals surface area contributed by atoms with E-state index in [2.05, 4.69) is 0 Å². The van der Waals surface area contributed by atoms with E-state index >= 15 is 0 Å². The Morgan fingerprint density at radius 1 is 1.45 bits per heavy atom. The number of hydrogen-bond acceptors (Lipinski definition) is 2. The van der Waals surface area contributed by atoms with E-state index < -0.39 is 0 Å². The molecule has 0 aromatic rings. The van der Waals surface area contributed by atoms with Gasteiger partial charge in [-0.2, -0.15) is 0 Å². The molecule has 0 atom stereocenters. The van der Waals surface area contributed by atoms with Crippen molar-refractivity contribution < 1.29 is 9.90 Å². The summed E-state index contributed by atoms with van der Waals surface area (Å²) in [5.74, 6) is 0. The molecule has 1 fully saturated rings. The molecular weight excluding hydrogens is 144 g/mol. The van der Waals surface area contributed by atoms with Crippen LogP contribution >= 0.6 is 0 Å². The van der Waals surface area contributed by atoms with Crippen LogP contribution in [0.15, 0.2) is 0 Å². The molecule has 0 unspecified atom stereocenters. The van der Waals surface area contributed by atoms with Crippen molar-refractivity contribution in [3.05, 3.63) is 0 Å². The van der Waals surface area contributed by atoms with Gasteiger partial charge in [0.05, 0.1) is 6.61 Å². The molecule has 11 heavy (non-hydrogen) atoms. The molecule has 1 aliphatic rings. The van der Waals surface area contributed by atoms with Gasteiger partial charge in [-0.3, -0.25) is 0 Å². The summed E-state index contributed by atoms with van der Waals surface area (Å²) >= 11 is 0. The molecule has 0 bridgehead atoms. The van der Waals surface area contributed by atoms with Crippen LogP contribution in [0, 0.1) is 0 Å². The highest BCUT2D eigenvalue weighted by atomic mass is 16.3. The first-order valence-electron chi connectivity index (χ1n) is 3.94. The van der Waals surface area contributed by atoms with Crippen molar-refractivity contribution in [2.45, 2.75) is 6.92 Å². The zero-order chi connectivity index (χ0) is 8.27. The lowest BCUT2D eigenvalue weighted by atomic mass is 10.5. The number of rotatable bonds is 3. The quantitative estimate of drug-likeness (QED) is 0.614. The third-order valence-corrected chi connectivity index (χ3v) is 1.93. The minimum atomic E-state index is 0.0570. The molecule has 0 saturated carbocycles. The summed E-state index contributed by atoms with van der Waals surface area (Å²) in [6.45, 7) is 4.81. The first-order valence-corrected chi connectivity index (χ1v) is 3.94. The fourth-order valence-electron chi connectivity index (χ4n) is 1.25. The summed E-state index contributed by atoms with van der Waals surface area (Å²) in [7, 11) is 0. The van der Waals surface area contributed by atoms with Crippen LogP contribution in [0.4, 0.5) is 4.79 Å². The summed E-state index contributed by atoms with van der Waals surface area (Å²) in [5, 5.41) is 8.59. The number of carbonyl (C=O) groups excluding carboxylic acids is 1. The van der Waals surface area contributed by atoms with Crippen molar-refractivity contribution in [3.8, 4) is 0 Å². The second-order valence-corrected chi connectivity index (χ2v) is 2.57. The molecule has 64 valence electrons. The largest absolute Gasteiger partial charge is 0.395 e. The highest BCUT2D eigenvalue weighted by molar-refractivity contribution is 5.76. The maximum atomic E-state index is 11.3.